The summed E-state index contributed by atoms with van der Waals surface area (Å²) in [5.41, 5.74) is 2.83. The van der Waals surface area contributed by atoms with Crippen LogP contribution in [0.1, 0.15) is 34.3 Å². The molecule has 4 aromatic rings. The highest BCUT2D eigenvalue weighted by Gasteiger charge is 2.26. The molecule has 0 bridgehead atoms. The minimum atomic E-state index is -0.462. The number of aromatic amines is 1. The van der Waals surface area contributed by atoms with Gasteiger partial charge in [-0.05, 0) is 55.7 Å². The van der Waals surface area contributed by atoms with E-state index in [9.17, 15) is 14.3 Å². The van der Waals surface area contributed by atoms with Crippen molar-refractivity contribution in [1.82, 2.24) is 9.97 Å². The molecule has 0 amide bonds. The quantitative estimate of drug-likeness (QED) is 0.290. The first-order chi connectivity index (χ1) is 18.0. The lowest BCUT2D eigenvalue weighted by Crippen LogP contribution is -2.36. The van der Waals surface area contributed by atoms with Gasteiger partial charge in [-0.25, -0.2) is 9.37 Å². The molecule has 2 atom stereocenters. The number of pyridine rings is 1. The Morgan fingerprint density at radius 1 is 1.22 bits per heavy atom. The average molecular weight is 506 g/mol. The highest BCUT2D eigenvalue weighted by molar-refractivity contribution is 6.19. The zero-order valence-corrected chi connectivity index (χ0v) is 20.6. The number of hydrogen-bond acceptors (Lipinski definition) is 7. The Bertz CT molecular complexity index is 1430. The molecular weight excluding hydrogens is 477 g/mol. The van der Waals surface area contributed by atoms with Gasteiger partial charge in [0.25, 0.3) is 0 Å². The van der Waals surface area contributed by atoms with Crippen LogP contribution in [0.2, 0.25) is 0 Å². The van der Waals surface area contributed by atoms with Crippen molar-refractivity contribution in [2.24, 2.45) is 0 Å². The molecule has 3 N–H and O–H groups in total. The molecular formula is C28H28FN3O5. The first-order valence-corrected chi connectivity index (χ1v) is 12.1. The Hall–Kier alpha value is -3.95. The number of carbonyl (C=O) groups excluding carboxylic acids is 1. The third-order valence-corrected chi connectivity index (χ3v) is 6.56. The number of hydrogen-bond donors (Lipinski definition) is 3. The second kappa shape index (κ2) is 10.6. The SMILES string of the molecule is COc1cnc2[nH]cc(C(=O)c3ccc(Oc4ccccc4F)cc3C)c2c1N[C@@H]1CC[C@@H](CO)OC1. The third kappa shape index (κ3) is 5.00. The summed E-state index contributed by atoms with van der Waals surface area (Å²) in [4.78, 5) is 21.2. The van der Waals surface area contributed by atoms with Crippen molar-refractivity contribution in [3.05, 3.63) is 77.4 Å². The number of methoxy groups -OCH3 is 1. The number of H-pyrrole nitrogens is 1. The summed E-state index contributed by atoms with van der Waals surface area (Å²) in [6.07, 6.45) is 4.62. The summed E-state index contributed by atoms with van der Waals surface area (Å²) in [7, 11) is 1.56. The van der Waals surface area contributed by atoms with Crippen molar-refractivity contribution in [2.45, 2.75) is 31.9 Å². The fourth-order valence-corrected chi connectivity index (χ4v) is 4.58. The first-order valence-electron chi connectivity index (χ1n) is 12.1. The molecule has 1 aliphatic rings. The number of nitrogens with zero attached hydrogens (tertiary/aromatic N) is 1. The maximum atomic E-state index is 14.0. The molecule has 8 nitrogen and oxygen atoms in total. The van der Waals surface area contributed by atoms with Gasteiger partial charge in [0.05, 0.1) is 49.3 Å². The number of aromatic nitrogens is 2. The molecule has 0 saturated carbocycles. The number of halogens is 1. The Balaban J connectivity index is 1.46. The van der Waals surface area contributed by atoms with Gasteiger partial charge in [0.1, 0.15) is 11.4 Å². The summed E-state index contributed by atoms with van der Waals surface area (Å²) in [6.45, 7) is 2.23. The number of ketones is 1. The molecule has 1 fully saturated rings. The fraction of sp³-hybridized carbons (Fsp3) is 0.286. The number of nitrogens with one attached hydrogen (secondary N) is 2. The molecule has 1 saturated heterocycles. The third-order valence-electron chi connectivity index (χ3n) is 6.56. The van der Waals surface area contributed by atoms with Gasteiger partial charge in [-0.15, -0.1) is 0 Å². The average Bonchev–Trinajstić information content (AvgIpc) is 3.35. The molecule has 192 valence electrons. The molecule has 37 heavy (non-hydrogen) atoms. The van der Waals surface area contributed by atoms with Crippen LogP contribution in [-0.2, 0) is 4.74 Å². The van der Waals surface area contributed by atoms with Gasteiger partial charge in [0.2, 0.25) is 0 Å². The highest BCUT2D eigenvalue weighted by Crippen LogP contribution is 2.37. The van der Waals surface area contributed by atoms with E-state index in [1.807, 2.05) is 6.92 Å². The lowest BCUT2D eigenvalue weighted by atomic mass is 9.98. The number of para-hydroxylation sites is 1. The Morgan fingerprint density at radius 2 is 2.05 bits per heavy atom. The van der Waals surface area contributed by atoms with E-state index in [1.165, 1.54) is 6.07 Å². The van der Waals surface area contributed by atoms with Gasteiger partial charge >= 0.3 is 0 Å². The van der Waals surface area contributed by atoms with Crippen LogP contribution in [-0.4, -0.2) is 53.3 Å². The van der Waals surface area contributed by atoms with E-state index in [1.54, 1.807) is 55.9 Å². The molecule has 0 radical (unpaired) electrons. The lowest BCUT2D eigenvalue weighted by molar-refractivity contribution is -0.0223. The number of anilines is 1. The van der Waals surface area contributed by atoms with Gasteiger partial charge in [-0.3, -0.25) is 4.79 Å². The van der Waals surface area contributed by atoms with Crippen molar-refractivity contribution >= 4 is 22.5 Å². The first kappa shape index (κ1) is 24.7. The molecule has 0 aliphatic carbocycles. The minimum Gasteiger partial charge on any atom is -0.493 e. The second-order valence-electron chi connectivity index (χ2n) is 9.02. The van der Waals surface area contributed by atoms with E-state index >= 15 is 0 Å². The van der Waals surface area contributed by atoms with Gasteiger partial charge in [0, 0.05) is 17.8 Å². The summed E-state index contributed by atoms with van der Waals surface area (Å²) < 4.78 is 31.0. The van der Waals surface area contributed by atoms with Crippen LogP contribution < -0.4 is 14.8 Å². The number of carbonyl (C=O) groups is 1. The maximum Gasteiger partial charge on any atom is 0.195 e. The second-order valence-corrected chi connectivity index (χ2v) is 9.02. The highest BCUT2D eigenvalue weighted by atomic mass is 19.1. The van der Waals surface area contributed by atoms with E-state index in [0.717, 1.165) is 12.8 Å². The van der Waals surface area contributed by atoms with Gasteiger partial charge in [-0.2, -0.15) is 0 Å². The van der Waals surface area contributed by atoms with Crippen molar-refractivity contribution in [3.8, 4) is 17.2 Å². The zero-order chi connectivity index (χ0) is 25.9. The number of aryl methyl sites for hydroxylation is 1. The van der Waals surface area contributed by atoms with Crippen LogP contribution >= 0.6 is 0 Å². The van der Waals surface area contributed by atoms with Crippen LogP contribution in [0.15, 0.2) is 54.9 Å². The van der Waals surface area contributed by atoms with E-state index in [0.29, 0.717) is 51.5 Å². The summed E-state index contributed by atoms with van der Waals surface area (Å²) >= 11 is 0. The molecule has 0 spiro atoms. The van der Waals surface area contributed by atoms with Crippen LogP contribution in [0.25, 0.3) is 11.0 Å². The number of fused-ring (bicyclic) bond motifs is 1. The summed E-state index contributed by atoms with van der Waals surface area (Å²) in [6, 6.07) is 11.2. The molecule has 5 rings (SSSR count). The topological polar surface area (TPSA) is 106 Å². The Morgan fingerprint density at radius 3 is 2.76 bits per heavy atom. The largest absolute Gasteiger partial charge is 0.493 e. The van der Waals surface area contributed by atoms with E-state index in [4.69, 9.17) is 14.2 Å². The monoisotopic (exact) mass is 505 g/mol. The number of benzene rings is 2. The standard InChI is InChI=1S/C28H28FN3O5/c1-16-11-18(37-23-6-4-3-5-22(23)29)9-10-20(16)27(34)21-12-30-28-25(21)26(24(35-2)13-31-28)32-17-7-8-19(14-33)36-15-17/h3-6,9-13,17,19,33H,7-8,14-15H2,1-2H3,(H2,30,31,32)/t17-,19+/m1/s1. The Labute approximate surface area is 213 Å². The lowest BCUT2D eigenvalue weighted by Gasteiger charge is -2.29. The van der Waals surface area contributed by atoms with Gasteiger partial charge in [0.15, 0.2) is 23.1 Å². The normalized spacial score (nSPS) is 17.5. The van der Waals surface area contributed by atoms with Crippen LogP contribution in [0, 0.1) is 12.7 Å². The van der Waals surface area contributed by atoms with E-state index < -0.39 is 5.82 Å². The van der Waals surface area contributed by atoms with Gasteiger partial charge < -0.3 is 29.6 Å². The van der Waals surface area contributed by atoms with Crippen LogP contribution in [0.3, 0.4) is 0 Å². The smallest absolute Gasteiger partial charge is 0.195 e. The predicted molar refractivity (Wildman–Crippen MR) is 137 cm³/mol. The van der Waals surface area contributed by atoms with E-state index in [2.05, 4.69) is 15.3 Å². The fourth-order valence-electron chi connectivity index (χ4n) is 4.58. The molecule has 2 aromatic heterocycles. The van der Waals surface area contributed by atoms with Crippen molar-refractivity contribution < 1.29 is 28.5 Å². The van der Waals surface area contributed by atoms with Crippen molar-refractivity contribution in [2.75, 3.05) is 25.6 Å². The number of ether oxygens (including phenoxy) is 3. The molecule has 3 heterocycles. The molecule has 9 heteroatoms. The predicted octanol–water partition coefficient (Wildman–Crippen LogP) is 4.99. The van der Waals surface area contributed by atoms with Crippen LogP contribution in [0.5, 0.6) is 17.2 Å². The zero-order valence-electron chi connectivity index (χ0n) is 20.6. The van der Waals surface area contributed by atoms with Crippen LogP contribution in [0.4, 0.5) is 10.1 Å². The molecule has 0 unspecified atom stereocenters. The van der Waals surface area contributed by atoms with Crippen molar-refractivity contribution in [3.63, 3.8) is 0 Å². The Kier molecular flexibility index (Phi) is 7.07. The summed E-state index contributed by atoms with van der Waals surface area (Å²) in [5.74, 6) is 0.400. The number of aliphatic hydroxyl groups is 1. The minimum absolute atomic E-state index is 0.00449. The molecule has 2 aromatic carbocycles. The van der Waals surface area contributed by atoms with E-state index in [-0.39, 0.29) is 30.3 Å². The van der Waals surface area contributed by atoms with Crippen molar-refractivity contribution in [1.29, 1.82) is 0 Å². The molecule has 1 aliphatic heterocycles. The summed E-state index contributed by atoms with van der Waals surface area (Å²) in [5, 5.41) is 13.5. The maximum absolute atomic E-state index is 14.0. The number of rotatable bonds is 8. The number of aliphatic hydroxyl groups excluding tert-OH is 1. The van der Waals surface area contributed by atoms with Gasteiger partial charge in [-0.1, -0.05) is 12.1 Å².